The Morgan fingerprint density at radius 3 is 2.79 bits per heavy atom. The number of piperidine rings is 1. The maximum Gasteiger partial charge on any atom is 0.255 e. The first kappa shape index (κ1) is 18.1. The van der Waals surface area contributed by atoms with Crippen LogP contribution in [0.15, 0.2) is 36.3 Å². The zero-order chi connectivity index (χ0) is 27.2. The molecular weight excluding hydrogens is 439 g/mol. The first-order valence-electron chi connectivity index (χ1n) is 13.2. The Hall–Kier alpha value is -3.30. The lowest BCUT2D eigenvalue weighted by atomic mass is 10.0. The molecule has 0 radical (unpaired) electrons. The lowest BCUT2D eigenvalue weighted by Gasteiger charge is -2.29. The van der Waals surface area contributed by atoms with Crippen molar-refractivity contribution in [1.29, 1.82) is 0 Å². The average molecular weight is 471 g/mol. The molecule has 3 aliphatic heterocycles. The first-order valence-corrected chi connectivity index (χ1v) is 11.2. The number of nitrogens with zero attached hydrogens (tertiary/aromatic N) is 2. The Balaban J connectivity index is 1.42. The summed E-state index contributed by atoms with van der Waals surface area (Å²) in [6, 6.07) is 1.68. The molecule has 3 amide bonds. The van der Waals surface area contributed by atoms with Crippen LogP contribution in [0, 0.1) is 5.82 Å². The number of hydrogen-bond donors (Lipinski definition) is 2. The van der Waals surface area contributed by atoms with Crippen LogP contribution in [0.5, 0.6) is 0 Å². The number of rotatable bonds is 6. The number of hydrogen-bond acceptors (Lipinski definition) is 6. The topological polar surface area (TPSA) is 91.0 Å². The molecule has 9 heteroatoms. The second-order valence-electron chi connectivity index (χ2n) is 8.45. The van der Waals surface area contributed by atoms with E-state index in [2.05, 4.69) is 15.5 Å². The Bertz CT molecular complexity index is 1340. The van der Waals surface area contributed by atoms with E-state index >= 15 is 4.39 Å². The first-order chi connectivity index (χ1) is 18.1. The Morgan fingerprint density at radius 2 is 2.00 bits per heavy atom. The minimum Gasteiger partial charge on any atom is -0.381 e. The van der Waals surface area contributed by atoms with Gasteiger partial charge in [0.05, 0.1) is 18.7 Å². The van der Waals surface area contributed by atoms with E-state index < -0.39 is 41.6 Å². The summed E-state index contributed by atoms with van der Waals surface area (Å²) in [6.07, 6.45) is -0.336. The van der Waals surface area contributed by atoms with E-state index in [4.69, 9.17) is 10.2 Å². The zero-order valence-corrected chi connectivity index (χ0v) is 18.5. The third-order valence-corrected chi connectivity index (χ3v) is 6.30. The molecular formula is C25H27FN4O4. The largest absolute Gasteiger partial charge is 0.381 e. The molecule has 0 aliphatic carbocycles. The SMILES string of the molecule is [2H]c1c([2H])c(NCc2cccc(CN3CCOCC3)c2F)c2c(c1[2H])C(=O)N(C1([2H])CCC(=O)NC1=O)C2. The van der Waals surface area contributed by atoms with Crippen LogP contribution in [0.2, 0.25) is 0 Å². The molecule has 34 heavy (non-hydrogen) atoms. The Morgan fingerprint density at radius 1 is 1.21 bits per heavy atom. The lowest BCUT2D eigenvalue weighted by molar-refractivity contribution is -0.136. The van der Waals surface area contributed by atoms with E-state index in [1.807, 2.05) is 0 Å². The van der Waals surface area contributed by atoms with Gasteiger partial charge < -0.3 is 15.0 Å². The third-order valence-electron chi connectivity index (χ3n) is 6.30. The number of nitrogens with one attached hydrogen (secondary N) is 2. The van der Waals surface area contributed by atoms with Crippen molar-refractivity contribution in [2.75, 3.05) is 31.6 Å². The van der Waals surface area contributed by atoms with E-state index in [1.54, 1.807) is 18.2 Å². The lowest BCUT2D eigenvalue weighted by Crippen LogP contribution is -2.52. The molecule has 3 aliphatic rings. The molecule has 178 valence electrons. The van der Waals surface area contributed by atoms with Gasteiger partial charge in [0.25, 0.3) is 5.91 Å². The molecule has 2 saturated heterocycles. The van der Waals surface area contributed by atoms with E-state index in [0.717, 1.165) is 4.90 Å². The van der Waals surface area contributed by atoms with Crippen molar-refractivity contribution in [2.45, 2.75) is 38.5 Å². The summed E-state index contributed by atoms with van der Waals surface area (Å²) in [4.78, 5) is 40.5. The molecule has 2 aromatic rings. The standard InChI is InChI=1S/C25H27FN4O4/c26-23-16(3-1-4-17(23)14-29-9-11-34-12-10-29)13-27-20-6-2-5-18-19(20)15-30(25(18)33)21-7-8-22(31)28-24(21)32/h1-6,21,27H,7-15H2,(H,28,31,32)/i2D,5D,6D,21D. The molecule has 1 unspecified atom stereocenters. The molecule has 1 atom stereocenters. The van der Waals surface area contributed by atoms with E-state index in [-0.39, 0.29) is 48.8 Å². The van der Waals surface area contributed by atoms with Crippen LogP contribution >= 0.6 is 0 Å². The number of anilines is 1. The predicted molar refractivity (Wildman–Crippen MR) is 122 cm³/mol. The second-order valence-corrected chi connectivity index (χ2v) is 8.45. The number of amides is 3. The van der Waals surface area contributed by atoms with Gasteiger partial charge in [0.1, 0.15) is 11.8 Å². The number of benzene rings is 2. The van der Waals surface area contributed by atoms with Crippen LogP contribution in [0.3, 0.4) is 0 Å². The second kappa shape index (κ2) is 9.52. The van der Waals surface area contributed by atoms with E-state index in [0.29, 0.717) is 44.0 Å². The highest BCUT2D eigenvalue weighted by Crippen LogP contribution is 2.32. The summed E-state index contributed by atoms with van der Waals surface area (Å²) in [7, 11) is 0. The van der Waals surface area contributed by atoms with Gasteiger partial charge in [-0.15, -0.1) is 0 Å². The minimum absolute atomic E-state index is 0.0485. The molecule has 2 fully saturated rings. The monoisotopic (exact) mass is 470 g/mol. The van der Waals surface area contributed by atoms with Gasteiger partial charge in [0.2, 0.25) is 11.8 Å². The predicted octanol–water partition coefficient (Wildman–Crippen LogP) is 2.03. The highest BCUT2D eigenvalue weighted by molar-refractivity contribution is 6.06. The van der Waals surface area contributed by atoms with Crippen molar-refractivity contribution in [3.8, 4) is 0 Å². The van der Waals surface area contributed by atoms with Crippen LogP contribution < -0.4 is 10.6 Å². The number of carbonyl (C=O) groups is 3. The third kappa shape index (κ3) is 4.41. The smallest absolute Gasteiger partial charge is 0.255 e. The van der Waals surface area contributed by atoms with Crippen molar-refractivity contribution in [3.05, 3.63) is 64.4 Å². The van der Waals surface area contributed by atoms with Crippen LogP contribution in [-0.4, -0.2) is 59.8 Å². The molecule has 2 aromatic carbocycles. The summed E-state index contributed by atoms with van der Waals surface area (Å²) >= 11 is 0. The van der Waals surface area contributed by atoms with Gasteiger partial charge in [-0.05, 0) is 18.5 Å². The Kier molecular flexibility index (Phi) is 5.06. The maximum absolute atomic E-state index is 15.4. The van der Waals surface area contributed by atoms with Crippen LogP contribution in [0.4, 0.5) is 10.1 Å². The highest BCUT2D eigenvalue weighted by Gasteiger charge is 2.39. The molecule has 5 rings (SSSR count). The Labute approximate surface area is 202 Å². The molecule has 0 bridgehead atoms. The maximum atomic E-state index is 15.4. The fourth-order valence-corrected chi connectivity index (χ4v) is 4.45. The summed E-state index contributed by atoms with van der Waals surface area (Å²) in [5.41, 5.74) is 0.938. The van der Waals surface area contributed by atoms with Crippen molar-refractivity contribution < 1.29 is 29.0 Å². The number of carbonyl (C=O) groups excluding carboxylic acids is 3. The molecule has 2 N–H and O–H groups in total. The van der Waals surface area contributed by atoms with Crippen LogP contribution in [0.1, 0.15) is 45.4 Å². The van der Waals surface area contributed by atoms with Crippen molar-refractivity contribution >= 4 is 23.4 Å². The number of ether oxygens (including phenoxy) is 1. The number of fused-ring (bicyclic) bond motifs is 1. The number of morpholine rings is 1. The van der Waals surface area contributed by atoms with E-state index in [1.165, 1.54) is 0 Å². The van der Waals surface area contributed by atoms with Gasteiger partial charge in [-0.3, -0.25) is 24.6 Å². The minimum atomic E-state index is -2.07. The summed E-state index contributed by atoms with van der Waals surface area (Å²) in [5.74, 6) is -2.67. The fourth-order valence-electron chi connectivity index (χ4n) is 4.45. The molecule has 0 saturated carbocycles. The number of imide groups is 1. The molecule has 0 spiro atoms. The number of halogens is 1. The van der Waals surface area contributed by atoms with Gasteiger partial charge in [0, 0.05) is 67.1 Å². The van der Waals surface area contributed by atoms with Gasteiger partial charge in [-0.2, -0.15) is 0 Å². The van der Waals surface area contributed by atoms with Gasteiger partial charge in [-0.25, -0.2) is 4.39 Å². The van der Waals surface area contributed by atoms with Crippen LogP contribution in [-0.2, 0) is 34.0 Å². The van der Waals surface area contributed by atoms with Crippen LogP contribution in [0.25, 0.3) is 0 Å². The van der Waals surface area contributed by atoms with E-state index in [9.17, 15) is 14.4 Å². The summed E-state index contributed by atoms with van der Waals surface area (Å²) < 4.78 is 54.4. The van der Waals surface area contributed by atoms with Crippen molar-refractivity contribution in [1.82, 2.24) is 15.1 Å². The molecule has 0 aromatic heterocycles. The molecule has 8 nitrogen and oxygen atoms in total. The van der Waals surface area contributed by atoms with Crippen molar-refractivity contribution in [2.24, 2.45) is 0 Å². The molecule has 3 heterocycles. The zero-order valence-electron chi connectivity index (χ0n) is 22.5. The normalized spacial score (nSPS) is 24.7. The highest BCUT2D eigenvalue weighted by atomic mass is 19.1. The quantitative estimate of drug-likeness (QED) is 0.628. The summed E-state index contributed by atoms with van der Waals surface area (Å²) in [6.45, 7) is 2.70. The fraction of sp³-hybridized carbons (Fsp3) is 0.400. The van der Waals surface area contributed by atoms with Gasteiger partial charge in [0.15, 0.2) is 0 Å². The average Bonchev–Trinajstić information content (AvgIpc) is 3.25. The van der Waals surface area contributed by atoms with Crippen molar-refractivity contribution in [3.63, 3.8) is 0 Å². The van der Waals surface area contributed by atoms with Gasteiger partial charge in [-0.1, -0.05) is 24.2 Å². The summed E-state index contributed by atoms with van der Waals surface area (Å²) in [5, 5.41) is 5.07. The van der Waals surface area contributed by atoms with Gasteiger partial charge >= 0.3 is 0 Å².